The Morgan fingerprint density at radius 2 is 1.61 bits per heavy atom. The fraction of sp³-hybridized carbons (Fsp3) is 0.882. The van der Waals surface area contributed by atoms with Crippen LogP contribution in [0.1, 0.15) is 79.1 Å². The molecule has 0 bridgehead atoms. The van der Waals surface area contributed by atoms with Gasteiger partial charge in [0, 0.05) is 12.6 Å². The topological polar surface area (TPSA) is 12.0 Å². The molecule has 0 spiro atoms. The van der Waals surface area contributed by atoms with Crippen LogP contribution in [-0.4, -0.2) is 12.6 Å². The number of unbranched alkanes of at least 4 members (excludes halogenated alkanes) is 6. The summed E-state index contributed by atoms with van der Waals surface area (Å²) < 4.78 is 0. The molecule has 0 aromatic rings. The molecule has 1 unspecified atom stereocenters. The molecule has 0 radical (unpaired) electrons. The van der Waals surface area contributed by atoms with E-state index in [4.69, 9.17) is 0 Å². The Labute approximate surface area is 115 Å². The Kier molecular flexibility index (Phi) is 10.4. The standard InChI is InChI=1S/C17H35N/c1-6-8-9-10-11-12-13-14-17(5,7-2)15-18-16(3)4/h7,16,18H,2,6,8-15H2,1,3-5H3. The van der Waals surface area contributed by atoms with Crippen molar-refractivity contribution in [3.05, 3.63) is 12.7 Å². The molecule has 0 saturated carbocycles. The molecule has 1 heteroatoms. The quantitative estimate of drug-likeness (QED) is 0.367. The van der Waals surface area contributed by atoms with Crippen molar-refractivity contribution in [1.29, 1.82) is 0 Å². The van der Waals surface area contributed by atoms with Crippen LogP contribution in [0.5, 0.6) is 0 Å². The molecule has 0 aliphatic rings. The molecule has 0 saturated heterocycles. The summed E-state index contributed by atoms with van der Waals surface area (Å²) in [6.07, 6.45) is 13.1. The molecule has 0 aliphatic heterocycles. The lowest BCUT2D eigenvalue weighted by Gasteiger charge is -2.27. The minimum atomic E-state index is 0.272. The maximum Gasteiger partial charge on any atom is 0.00421 e. The van der Waals surface area contributed by atoms with Gasteiger partial charge in [-0.15, -0.1) is 6.58 Å². The van der Waals surface area contributed by atoms with E-state index in [-0.39, 0.29) is 5.41 Å². The van der Waals surface area contributed by atoms with Crippen LogP contribution < -0.4 is 5.32 Å². The summed E-state index contributed by atoms with van der Waals surface area (Å²) in [6, 6.07) is 0.568. The summed E-state index contributed by atoms with van der Waals surface area (Å²) in [7, 11) is 0. The van der Waals surface area contributed by atoms with E-state index in [9.17, 15) is 0 Å². The monoisotopic (exact) mass is 253 g/mol. The Morgan fingerprint density at radius 3 is 2.11 bits per heavy atom. The van der Waals surface area contributed by atoms with E-state index in [1.807, 2.05) is 0 Å². The molecule has 0 rings (SSSR count). The van der Waals surface area contributed by atoms with Crippen molar-refractivity contribution in [3.8, 4) is 0 Å². The molecule has 0 aromatic carbocycles. The second-order valence-corrected chi connectivity index (χ2v) is 6.27. The Balaban J connectivity index is 3.62. The van der Waals surface area contributed by atoms with Crippen LogP contribution in [0, 0.1) is 5.41 Å². The number of rotatable bonds is 12. The fourth-order valence-corrected chi connectivity index (χ4v) is 2.19. The lowest BCUT2D eigenvalue weighted by atomic mass is 9.84. The van der Waals surface area contributed by atoms with Crippen molar-refractivity contribution in [3.63, 3.8) is 0 Å². The van der Waals surface area contributed by atoms with Crippen molar-refractivity contribution in [2.24, 2.45) is 5.41 Å². The molecule has 1 N–H and O–H groups in total. The first kappa shape index (κ1) is 17.7. The zero-order valence-electron chi connectivity index (χ0n) is 13.2. The molecule has 1 nitrogen and oxygen atoms in total. The third kappa shape index (κ3) is 9.70. The SMILES string of the molecule is C=CC(C)(CCCCCCCCC)CNC(C)C. The largest absolute Gasteiger partial charge is 0.314 e. The van der Waals surface area contributed by atoms with Gasteiger partial charge >= 0.3 is 0 Å². The van der Waals surface area contributed by atoms with E-state index in [0.29, 0.717) is 6.04 Å². The van der Waals surface area contributed by atoms with Gasteiger partial charge < -0.3 is 5.32 Å². The maximum atomic E-state index is 4.01. The molecule has 18 heavy (non-hydrogen) atoms. The second kappa shape index (κ2) is 10.6. The summed E-state index contributed by atoms with van der Waals surface area (Å²) in [5.74, 6) is 0. The zero-order chi connectivity index (χ0) is 13.9. The van der Waals surface area contributed by atoms with Crippen LogP contribution in [0.2, 0.25) is 0 Å². The summed E-state index contributed by atoms with van der Waals surface area (Å²) in [5.41, 5.74) is 0.272. The van der Waals surface area contributed by atoms with Crippen molar-refractivity contribution >= 4 is 0 Å². The summed E-state index contributed by atoms with van der Waals surface area (Å²) in [6.45, 7) is 14.1. The lowest BCUT2D eigenvalue weighted by molar-refractivity contribution is 0.335. The van der Waals surface area contributed by atoms with Crippen LogP contribution in [0.4, 0.5) is 0 Å². The summed E-state index contributed by atoms with van der Waals surface area (Å²) >= 11 is 0. The smallest absolute Gasteiger partial charge is 0.00421 e. The summed E-state index contributed by atoms with van der Waals surface area (Å²) in [4.78, 5) is 0. The van der Waals surface area contributed by atoms with Crippen LogP contribution in [0.25, 0.3) is 0 Å². The first-order valence-electron chi connectivity index (χ1n) is 7.91. The van der Waals surface area contributed by atoms with Gasteiger partial charge in [-0.25, -0.2) is 0 Å². The van der Waals surface area contributed by atoms with Crippen LogP contribution >= 0.6 is 0 Å². The number of hydrogen-bond donors (Lipinski definition) is 1. The normalized spacial score (nSPS) is 14.7. The van der Waals surface area contributed by atoms with Crippen molar-refractivity contribution in [2.45, 2.75) is 85.1 Å². The van der Waals surface area contributed by atoms with Crippen molar-refractivity contribution < 1.29 is 0 Å². The average Bonchev–Trinajstić information content (AvgIpc) is 2.35. The van der Waals surface area contributed by atoms with Gasteiger partial charge in [0.15, 0.2) is 0 Å². The van der Waals surface area contributed by atoms with Gasteiger partial charge in [0.05, 0.1) is 0 Å². The molecular weight excluding hydrogens is 218 g/mol. The lowest BCUT2D eigenvalue weighted by Crippen LogP contribution is -2.34. The molecular formula is C17H35N. The Morgan fingerprint density at radius 1 is 1.06 bits per heavy atom. The highest BCUT2D eigenvalue weighted by Crippen LogP contribution is 2.25. The average molecular weight is 253 g/mol. The van der Waals surface area contributed by atoms with Gasteiger partial charge in [-0.05, 0) is 11.8 Å². The first-order valence-corrected chi connectivity index (χ1v) is 7.91. The predicted octanol–water partition coefficient (Wildman–Crippen LogP) is 5.32. The van der Waals surface area contributed by atoms with E-state index in [0.717, 1.165) is 6.54 Å². The highest BCUT2D eigenvalue weighted by atomic mass is 14.9. The molecule has 0 fully saturated rings. The van der Waals surface area contributed by atoms with Crippen LogP contribution in [0.15, 0.2) is 12.7 Å². The van der Waals surface area contributed by atoms with E-state index in [1.54, 1.807) is 0 Å². The fourth-order valence-electron chi connectivity index (χ4n) is 2.19. The van der Waals surface area contributed by atoms with E-state index < -0.39 is 0 Å². The maximum absolute atomic E-state index is 4.01. The van der Waals surface area contributed by atoms with Crippen LogP contribution in [0.3, 0.4) is 0 Å². The van der Waals surface area contributed by atoms with Crippen molar-refractivity contribution in [2.75, 3.05) is 6.54 Å². The number of hydrogen-bond acceptors (Lipinski definition) is 1. The van der Waals surface area contributed by atoms with E-state index in [2.05, 4.69) is 45.7 Å². The Hall–Kier alpha value is -0.300. The van der Waals surface area contributed by atoms with Gasteiger partial charge in [0.25, 0.3) is 0 Å². The summed E-state index contributed by atoms with van der Waals surface area (Å²) in [5, 5.41) is 3.53. The third-order valence-corrected chi connectivity index (χ3v) is 3.76. The molecule has 108 valence electrons. The van der Waals surface area contributed by atoms with Crippen molar-refractivity contribution in [1.82, 2.24) is 5.32 Å². The highest BCUT2D eigenvalue weighted by molar-refractivity contribution is 4.93. The van der Waals surface area contributed by atoms with E-state index in [1.165, 1.54) is 51.4 Å². The third-order valence-electron chi connectivity index (χ3n) is 3.76. The minimum Gasteiger partial charge on any atom is -0.314 e. The van der Waals surface area contributed by atoms with Gasteiger partial charge in [0.1, 0.15) is 0 Å². The van der Waals surface area contributed by atoms with E-state index >= 15 is 0 Å². The molecule has 1 atom stereocenters. The van der Waals surface area contributed by atoms with Gasteiger partial charge in [-0.3, -0.25) is 0 Å². The molecule has 0 aliphatic carbocycles. The van der Waals surface area contributed by atoms with Gasteiger partial charge in [-0.2, -0.15) is 0 Å². The van der Waals surface area contributed by atoms with Gasteiger partial charge in [0.2, 0.25) is 0 Å². The van der Waals surface area contributed by atoms with Crippen LogP contribution in [-0.2, 0) is 0 Å². The highest BCUT2D eigenvalue weighted by Gasteiger charge is 2.19. The zero-order valence-corrected chi connectivity index (χ0v) is 13.2. The molecule has 0 aromatic heterocycles. The minimum absolute atomic E-state index is 0.272. The first-order chi connectivity index (χ1) is 8.54. The molecule has 0 amide bonds. The van der Waals surface area contributed by atoms with Gasteiger partial charge in [-0.1, -0.05) is 78.7 Å². The Bertz CT molecular complexity index is 198. The molecule has 0 heterocycles. The number of nitrogens with one attached hydrogen (secondary N) is 1. The second-order valence-electron chi connectivity index (χ2n) is 6.27. The predicted molar refractivity (Wildman–Crippen MR) is 84.1 cm³/mol.